The van der Waals surface area contributed by atoms with Crippen molar-refractivity contribution >= 4 is 12.0 Å². The number of aldehydes is 1. The molecule has 0 bridgehead atoms. The Balaban J connectivity index is 1.28. The molecule has 0 radical (unpaired) electrons. The number of anilines is 1. The van der Waals surface area contributed by atoms with Crippen LogP contribution in [0.25, 0.3) is 0 Å². The maximum absolute atomic E-state index is 11.1. The highest BCUT2D eigenvalue weighted by atomic mass is 16.3. The molecule has 3 aromatic rings. The summed E-state index contributed by atoms with van der Waals surface area (Å²) in [4.78, 5) is 16.1. The Morgan fingerprint density at radius 2 is 1.68 bits per heavy atom. The first-order valence-electron chi connectivity index (χ1n) is 14.0. The number of aryl methyl sites for hydroxylation is 1. The fourth-order valence-corrected chi connectivity index (χ4v) is 7.50. The van der Waals surface area contributed by atoms with Crippen LogP contribution in [0.15, 0.2) is 72.8 Å². The number of hydrogen-bond donors (Lipinski definition) is 1. The molecule has 1 aliphatic carbocycles. The Kier molecular flexibility index (Phi) is 6.77. The molecule has 37 heavy (non-hydrogen) atoms. The van der Waals surface area contributed by atoms with Crippen molar-refractivity contribution in [3.8, 4) is 5.75 Å². The molecular formula is C33H38N2O2. The van der Waals surface area contributed by atoms with Crippen molar-refractivity contribution in [2.75, 3.05) is 37.6 Å². The van der Waals surface area contributed by atoms with E-state index in [9.17, 15) is 9.90 Å². The molecule has 2 fully saturated rings. The van der Waals surface area contributed by atoms with Gasteiger partial charge in [-0.3, -0.25) is 4.90 Å². The van der Waals surface area contributed by atoms with Crippen molar-refractivity contribution in [2.24, 2.45) is 5.41 Å². The van der Waals surface area contributed by atoms with E-state index < -0.39 is 0 Å². The van der Waals surface area contributed by atoms with Gasteiger partial charge in [0.25, 0.3) is 0 Å². The third-order valence-electron chi connectivity index (χ3n) is 9.17. The predicted octanol–water partition coefficient (Wildman–Crippen LogP) is 6.14. The summed E-state index contributed by atoms with van der Waals surface area (Å²) in [6.45, 7) is 4.86. The number of piperidine rings is 2. The number of carbonyl (C=O) groups is 1. The van der Waals surface area contributed by atoms with Gasteiger partial charge in [-0.05, 0) is 97.5 Å². The van der Waals surface area contributed by atoms with E-state index in [1.807, 2.05) is 12.1 Å². The summed E-state index contributed by atoms with van der Waals surface area (Å²) in [7, 11) is 0. The van der Waals surface area contributed by atoms with Gasteiger partial charge in [0.05, 0.1) is 6.54 Å². The molecular weight excluding hydrogens is 456 g/mol. The first-order valence-corrected chi connectivity index (χ1v) is 14.0. The lowest BCUT2D eigenvalue weighted by molar-refractivity contribution is -0.109. The average molecular weight is 495 g/mol. The van der Waals surface area contributed by atoms with Gasteiger partial charge < -0.3 is 14.8 Å². The van der Waals surface area contributed by atoms with Gasteiger partial charge >= 0.3 is 0 Å². The van der Waals surface area contributed by atoms with Crippen LogP contribution in [0.3, 0.4) is 0 Å². The Hall–Kier alpha value is -3.11. The van der Waals surface area contributed by atoms with Crippen molar-refractivity contribution in [1.29, 1.82) is 0 Å². The molecule has 1 spiro atoms. The average Bonchev–Trinajstić information content (AvgIpc) is 2.93. The number of carbonyl (C=O) groups excluding carboxylic acids is 1. The molecule has 0 amide bonds. The van der Waals surface area contributed by atoms with Crippen LogP contribution in [-0.4, -0.2) is 49.0 Å². The third-order valence-corrected chi connectivity index (χ3v) is 9.17. The zero-order valence-electron chi connectivity index (χ0n) is 21.7. The highest BCUT2D eigenvalue weighted by Gasteiger charge is 2.39. The van der Waals surface area contributed by atoms with E-state index in [0.29, 0.717) is 23.6 Å². The van der Waals surface area contributed by atoms with E-state index in [1.54, 1.807) is 0 Å². The smallest absolute Gasteiger partial charge is 0.133 e. The van der Waals surface area contributed by atoms with Gasteiger partial charge in [-0.2, -0.15) is 0 Å². The number of aromatic hydroxyl groups is 1. The molecule has 1 N–H and O–H groups in total. The summed E-state index contributed by atoms with van der Waals surface area (Å²) >= 11 is 0. The number of rotatable bonds is 5. The molecule has 4 heteroatoms. The molecule has 3 aromatic carbocycles. The minimum Gasteiger partial charge on any atom is -0.508 e. The minimum absolute atomic E-state index is 0.281. The van der Waals surface area contributed by atoms with Gasteiger partial charge in [-0.15, -0.1) is 0 Å². The van der Waals surface area contributed by atoms with Crippen LogP contribution >= 0.6 is 0 Å². The fraction of sp³-hybridized carbons (Fsp3) is 0.424. The Labute approximate surface area is 220 Å². The number of phenols is 1. The second-order valence-corrected chi connectivity index (χ2v) is 11.5. The standard InChI is InChI=1S/C33H38N2O2/c36-21-20-34-18-4-16-33(23-34)17-5-19-35(24-33)28-11-8-26(9-12-28)32-30(25-6-2-1-3-7-25)14-10-27-22-29(37)13-15-31(27)32/h1-3,6-9,11-13,15,21-22,30,32,37H,4-5,10,14,16-20,23-24H2/t30-,32?,33?/m0/s1. The fourth-order valence-electron chi connectivity index (χ4n) is 7.50. The summed E-state index contributed by atoms with van der Waals surface area (Å²) < 4.78 is 0. The van der Waals surface area contributed by atoms with Crippen LogP contribution in [0.4, 0.5) is 5.69 Å². The Bertz CT molecular complexity index is 1220. The third kappa shape index (κ3) is 4.92. The van der Waals surface area contributed by atoms with Crippen LogP contribution < -0.4 is 4.90 Å². The highest BCUT2D eigenvalue weighted by molar-refractivity contribution is 5.53. The van der Waals surface area contributed by atoms with Gasteiger partial charge in [0.2, 0.25) is 0 Å². The van der Waals surface area contributed by atoms with Gasteiger partial charge in [0.1, 0.15) is 12.0 Å². The summed E-state index contributed by atoms with van der Waals surface area (Å²) in [6, 6.07) is 26.2. The van der Waals surface area contributed by atoms with Crippen molar-refractivity contribution in [3.05, 3.63) is 95.1 Å². The molecule has 3 atom stereocenters. The van der Waals surface area contributed by atoms with E-state index in [0.717, 1.165) is 45.3 Å². The summed E-state index contributed by atoms with van der Waals surface area (Å²) in [5.41, 5.74) is 6.99. The van der Waals surface area contributed by atoms with Crippen LogP contribution in [-0.2, 0) is 11.2 Å². The van der Waals surface area contributed by atoms with Gasteiger partial charge in [0, 0.05) is 36.7 Å². The SMILES string of the molecule is O=CCN1CCCC2(CCCN(c3ccc(C4c5ccc(O)cc5CC[C@H]4c4ccccc4)cc3)C2)C1. The van der Waals surface area contributed by atoms with Gasteiger partial charge in [-0.25, -0.2) is 0 Å². The van der Waals surface area contributed by atoms with Crippen molar-refractivity contribution in [3.63, 3.8) is 0 Å². The van der Waals surface area contributed by atoms with E-state index >= 15 is 0 Å². The monoisotopic (exact) mass is 494 g/mol. The summed E-state index contributed by atoms with van der Waals surface area (Å²) in [5.74, 6) is 1.07. The Morgan fingerprint density at radius 1 is 0.892 bits per heavy atom. The normalized spacial score (nSPS) is 26.1. The molecule has 0 saturated carbocycles. The van der Waals surface area contributed by atoms with Crippen LogP contribution in [0, 0.1) is 5.41 Å². The first kappa shape index (κ1) is 24.2. The second kappa shape index (κ2) is 10.3. The van der Waals surface area contributed by atoms with E-state index in [1.165, 1.54) is 53.6 Å². The lowest BCUT2D eigenvalue weighted by atomic mass is 9.69. The number of hydrogen-bond acceptors (Lipinski definition) is 4. The van der Waals surface area contributed by atoms with Crippen molar-refractivity contribution < 1.29 is 9.90 Å². The van der Waals surface area contributed by atoms with Gasteiger partial charge in [0.15, 0.2) is 0 Å². The largest absolute Gasteiger partial charge is 0.508 e. The first-order chi connectivity index (χ1) is 18.1. The number of phenolic OH excluding ortho intramolecular Hbond substituents is 1. The number of likely N-dealkylation sites (tertiary alicyclic amines) is 1. The maximum Gasteiger partial charge on any atom is 0.133 e. The minimum atomic E-state index is 0.281. The molecule has 3 aliphatic rings. The molecule has 2 saturated heterocycles. The molecule has 2 heterocycles. The second-order valence-electron chi connectivity index (χ2n) is 11.5. The zero-order valence-corrected chi connectivity index (χ0v) is 21.7. The molecule has 6 rings (SSSR count). The van der Waals surface area contributed by atoms with Crippen molar-refractivity contribution in [1.82, 2.24) is 4.90 Å². The lowest BCUT2D eigenvalue weighted by Crippen LogP contribution is -2.52. The van der Waals surface area contributed by atoms with Crippen LogP contribution in [0.1, 0.15) is 66.2 Å². The summed E-state index contributed by atoms with van der Waals surface area (Å²) in [6.07, 6.45) is 8.08. The molecule has 4 nitrogen and oxygen atoms in total. The quantitative estimate of drug-likeness (QED) is 0.433. The predicted molar refractivity (Wildman–Crippen MR) is 150 cm³/mol. The topological polar surface area (TPSA) is 43.8 Å². The van der Waals surface area contributed by atoms with Crippen molar-refractivity contribution in [2.45, 2.75) is 50.4 Å². The lowest BCUT2D eigenvalue weighted by Gasteiger charge is -2.49. The van der Waals surface area contributed by atoms with Crippen LogP contribution in [0.5, 0.6) is 5.75 Å². The van der Waals surface area contributed by atoms with E-state index in [2.05, 4.69) is 70.5 Å². The van der Waals surface area contributed by atoms with Crippen LogP contribution in [0.2, 0.25) is 0 Å². The zero-order chi connectivity index (χ0) is 25.2. The molecule has 192 valence electrons. The highest BCUT2D eigenvalue weighted by Crippen LogP contribution is 2.47. The number of nitrogens with zero attached hydrogens (tertiary/aromatic N) is 2. The number of fused-ring (bicyclic) bond motifs is 1. The maximum atomic E-state index is 11.1. The van der Waals surface area contributed by atoms with E-state index in [4.69, 9.17) is 0 Å². The molecule has 2 unspecified atom stereocenters. The van der Waals surface area contributed by atoms with Gasteiger partial charge in [-0.1, -0.05) is 48.5 Å². The number of benzene rings is 3. The molecule has 0 aromatic heterocycles. The summed E-state index contributed by atoms with van der Waals surface area (Å²) in [5, 5.41) is 10.1. The Morgan fingerprint density at radius 3 is 2.46 bits per heavy atom. The molecule has 2 aliphatic heterocycles. The van der Waals surface area contributed by atoms with E-state index in [-0.39, 0.29) is 5.92 Å².